The molecule has 0 spiro atoms. The third-order valence-electron chi connectivity index (χ3n) is 5.32. The quantitative estimate of drug-likeness (QED) is 0.387. The number of thiophene rings is 1. The van der Waals surface area contributed by atoms with Gasteiger partial charge in [-0.25, -0.2) is 4.79 Å². The highest BCUT2D eigenvalue weighted by molar-refractivity contribution is 7.80. The van der Waals surface area contributed by atoms with Crippen LogP contribution in [0.25, 0.3) is 10.1 Å². The maximum Gasteiger partial charge on any atom is 0.349 e. The van der Waals surface area contributed by atoms with Gasteiger partial charge in [0, 0.05) is 42.0 Å². The number of methoxy groups -OCH3 is 1. The smallest absolute Gasteiger partial charge is 0.349 e. The number of anilines is 2. The molecule has 2 aromatic carbocycles. The molecule has 0 bridgehead atoms. The van der Waals surface area contributed by atoms with Crippen molar-refractivity contribution in [3.05, 3.63) is 52.4 Å². The number of carbonyl (C=O) groups is 1. The molecule has 1 saturated heterocycles. The number of carbonyl (C=O) groups excluding carboxylic acids is 1. The van der Waals surface area contributed by atoms with Crippen molar-refractivity contribution in [2.75, 3.05) is 50.1 Å². The number of para-hydroxylation sites is 2. The molecular formula is C23H24ClN3O3S2. The molecule has 0 unspecified atom stereocenters. The summed E-state index contributed by atoms with van der Waals surface area (Å²) in [4.78, 5) is 16.8. The highest BCUT2D eigenvalue weighted by Crippen LogP contribution is 2.37. The first kappa shape index (κ1) is 22.6. The molecule has 3 aromatic rings. The molecule has 6 nitrogen and oxygen atoms in total. The van der Waals surface area contributed by atoms with Gasteiger partial charge in [-0.05, 0) is 49.5 Å². The standard InChI is InChI=1S/C23H24ClN3O3S2/c1-3-30-18-7-5-4-6-17(18)26-10-12-27(13-11-26)23(31)25-15-8-9-16-19(14-15)32-21(20(16)24)22(28)29-2/h4-9,14H,3,10-13H2,1-2H3,(H,25,31). The van der Waals surface area contributed by atoms with E-state index in [9.17, 15) is 4.79 Å². The van der Waals surface area contributed by atoms with E-state index in [1.165, 1.54) is 18.4 Å². The molecule has 1 aliphatic rings. The fourth-order valence-corrected chi connectivity index (χ4v) is 5.48. The monoisotopic (exact) mass is 489 g/mol. The summed E-state index contributed by atoms with van der Waals surface area (Å²) in [6, 6.07) is 13.9. The van der Waals surface area contributed by atoms with Crippen LogP contribution in [0.4, 0.5) is 11.4 Å². The number of fused-ring (bicyclic) bond motifs is 1. The zero-order valence-corrected chi connectivity index (χ0v) is 20.3. The molecule has 32 heavy (non-hydrogen) atoms. The van der Waals surface area contributed by atoms with Gasteiger partial charge in [-0.2, -0.15) is 0 Å². The van der Waals surface area contributed by atoms with Gasteiger partial charge in [0.05, 0.1) is 24.4 Å². The Balaban J connectivity index is 1.41. The summed E-state index contributed by atoms with van der Waals surface area (Å²) in [6.45, 7) is 5.97. The summed E-state index contributed by atoms with van der Waals surface area (Å²) in [7, 11) is 1.35. The minimum atomic E-state index is -0.426. The van der Waals surface area contributed by atoms with Gasteiger partial charge in [0.1, 0.15) is 10.6 Å². The summed E-state index contributed by atoms with van der Waals surface area (Å²) >= 11 is 13.3. The SMILES string of the molecule is CCOc1ccccc1N1CCN(C(=S)Nc2ccc3c(Cl)c(C(=O)OC)sc3c2)CC1. The highest BCUT2D eigenvalue weighted by atomic mass is 35.5. The largest absolute Gasteiger partial charge is 0.492 e. The first-order chi connectivity index (χ1) is 15.5. The maximum absolute atomic E-state index is 11.9. The molecule has 1 N–H and O–H groups in total. The van der Waals surface area contributed by atoms with E-state index in [2.05, 4.69) is 21.2 Å². The van der Waals surface area contributed by atoms with Crippen LogP contribution in [0, 0.1) is 0 Å². The summed E-state index contributed by atoms with van der Waals surface area (Å²) in [5.74, 6) is 0.489. The van der Waals surface area contributed by atoms with Crippen molar-refractivity contribution in [1.82, 2.24) is 4.90 Å². The van der Waals surface area contributed by atoms with Crippen LogP contribution in [0.15, 0.2) is 42.5 Å². The van der Waals surface area contributed by atoms with Crippen molar-refractivity contribution in [3.63, 3.8) is 0 Å². The molecule has 0 saturated carbocycles. The van der Waals surface area contributed by atoms with Crippen LogP contribution in [0.2, 0.25) is 5.02 Å². The van der Waals surface area contributed by atoms with Crippen LogP contribution in [0.5, 0.6) is 5.75 Å². The lowest BCUT2D eigenvalue weighted by atomic mass is 10.2. The number of hydrogen-bond donors (Lipinski definition) is 1. The van der Waals surface area contributed by atoms with E-state index in [1.807, 2.05) is 43.3 Å². The maximum atomic E-state index is 11.9. The van der Waals surface area contributed by atoms with Crippen molar-refractivity contribution in [1.29, 1.82) is 0 Å². The number of thiocarbonyl (C=S) groups is 1. The highest BCUT2D eigenvalue weighted by Gasteiger charge is 2.22. The molecule has 1 aromatic heterocycles. The number of rotatable bonds is 5. The molecule has 0 radical (unpaired) electrons. The summed E-state index contributed by atoms with van der Waals surface area (Å²) in [5, 5.41) is 5.26. The zero-order valence-electron chi connectivity index (χ0n) is 17.9. The van der Waals surface area contributed by atoms with Gasteiger partial charge in [-0.15, -0.1) is 11.3 Å². The molecule has 2 heterocycles. The Hall–Kier alpha value is -2.55. The van der Waals surface area contributed by atoms with Crippen LogP contribution in [0.3, 0.4) is 0 Å². The van der Waals surface area contributed by atoms with Crippen LogP contribution < -0.4 is 15.0 Å². The van der Waals surface area contributed by atoms with Gasteiger partial charge < -0.3 is 24.6 Å². The second-order valence-corrected chi connectivity index (χ2v) is 9.07. The van der Waals surface area contributed by atoms with Gasteiger partial charge in [-0.3, -0.25) is 0 Å². The van der Waals surface area contributed by atoms with Crippen LogP contribution in [0.1, 0.15) is 16.6 Å². The molecule has 9 heteroatoms. The van der Waals surface area contributed by atoms with Crippen molar-refractivity contribution in [3.8, 4) is 5.75 Å². The number of nitrogens with one attached hydrogen (secondary N) is 1. The number of nitrogens with zero attached hydrogens (tertiary/aromatic N) is 2. The Bertz CT molecular complexity index is 1140. The fourth-order valence-electron chi connectivity index (χ4n) is 3.72. The average Bonchev–Trinajstić information content (AvgIpc) is 3.15. The summed E-state index contributed by atoms with van der Waals surface area (Å²) in [6.07, 6.45) is 0. The van der Waals surface area contributed by atoms with E-state index >= 15 is 0 Å². The molecule has 168 valence electrons. The second-order valence-electron chi connectivity index (χ2n) is 7.25. The number of benzene rings is 2. The molecular weight excluding hydrogens is 466 g/mol. The van der Waals surface area contributed by atoms with Gasteiger partial charge in [0.25, 0.3) is 0 Å². The van der Waals surface area contributed by atoms with E-state index < -0.39 is 5.97 Å². The average molecular weight is 490 g/mol. The van der Waals surface area contributed by atoms with Gasteiger partial charge in [0.2, 0.25) is 0 Å². The normalized spacial score (nSPS) is 13.8. The van der Waals surface area contributed by atoms with Crippen LogP contribution in [-0.2, 0) is 4.74 Å². The van der Waals surface area contributed by atoms with Crippen LogP contribution in [-0.4, -0.2) is 55.9 Å². The second kappa shape index (κ2) is 9.94. The lowest BCUT2D eigenvalue weighted by Gasteiger charge is -2.38. The minimum Gasteiger partial charge on any atom is -0.492 e. The Labute approximate surface area is 201 Å². The first-order valence-corrected chi connectivity index (χ1v) is 11.9. The molecule has 1 aliphatic heterocycles. The van der Waals surface area contributed by atoms with Crippen molar-refractivity contribution >= 4 is 67.7 Å². The van der Waals surface area contributed by atoms with E-state index in [4.69, 9.17) is 33.3 Å². The van der Waals surface area contributed by atoms with E-state index in [1.54, 1.807) is 0 Å². The summed E-state index contributed by atoms with van der Waals surface area (Å²) < 4.78 is 11.5. The molecule has 4 rings (SSSR count). The van der Waals surface area contributed by atoms with E-state index in [0.29, 0.717) is 21.6 Å². The van der Waals surface area contributed by atoms with E-state index in [0.717, 1.165) is 53.4 Å². The lowest BCUT2D eigenvalue weighted by Crippen LogP contribution is -2.50. The fraction of sp³-hybridized carbons (Fsp3) is 0.304. The third-order valence-corrected chi connectivity index (χ3v) is 7.32. The number of ether oxygens (including phenoxy) is 2. The predicted octanol–water partition coefficient (Wildman–Crippen LogP) is 5.26. The molecule has 0 amide bonds. The van der Waals surface area contributed by atoms with Crippen LogP contribution >= 0.6 is 35.2 Å². The Morgan fingerprint density at radius 3 is 2.66 bits per heavy atom. The predicted molar refractivity (Wildman–Crippen MR) is 136 cm³/mol. The van der Waals surface area contributed by atoms with Crippen molar-refractivity contribution < 1.29 is 14.3 Å². The number of esters is 1. The number of hydrogen-bond acceptors (Lipinski definition) is 6. The minimum absolute atomic E-state index is 0.410. The Kier molecular flexibility index (Phi) is 7.03. The number of halogens is 1. The van der Waals surface area contributed by atoms with Gasteiger partial charge in [0.15, 0.2) is 5.11 Å². The molecule has 0 atom stereocenters. The Morgan fingerprint density at radius 1 is 1.19 bits per heavy atom. The van der Waals surface area contributed by atoms with Crippen molar-refractivity contribution in [2.45, 2.75) is 6.92 Å². The Morgan fingerprint density at radius 2 is 1.94 bits per heavy atom. The number of piperazine rings is 1. The topological polar surface area (TPSA) is 54.0 Å². The molecule has 1 fully saturated rings. The van der Waals surface area contributed by atoms with Gasteiger partial charge in [-0.1, -0.05) is 23.7 Å². The lowest BCUT2D eigenvalue weighted by molar-refractivity contribution is 0.0606. The summed E-state index contributed by atoms with van der Waals surface area (Å²) in [5.41, 5.74) is 1.98. The van der Waals surface area contributed by atoms with Crippen molar-refractivity contribution in [2.24, 2.45) is 0 Å². The van der Waals surface area contributed by atoms with E-state index in [-0.39, 0.29) is 0 Å². The first-order valence-electron chi connectivity index (χ1n) is 10.3. The third kappa shape index (κ3) is 4.62. The van der Waals surface area contributed by atoms with Gasteiger partial charge >= 0.3 is 5.97 Å². The molecule has 0 aliphatic carbocycles. The zero-order chi connectivity index (χ0) is 22.7.